The molecule has 1 aromatic rings. The van der Waals surface area contributed by atoms with E-state index < -0.39 is 0 Å². The Morgan fingerprint density at radius 3 is 3.07 bits per heavy atom. The second-order valence-electron chi connectivity index (χ2n) is 3.44. The number of imidazole rings is 1. The van der Waals surface area contributed by atoms with Gasteiger partial charge in [0.1, 0.15) is 0 Å². The van der Waals surface area contributed by atoms with Gasteiger partial charge in [0.25, 0.3) is 0 Å². The van der Waals surface area contributed by atoms with Crippen molar-refractivity contribution < 1.29 is 0 Å². The number of aromatic nitrogens is 2. The lowest BCUT2D eigenvalue weighted by Crippen LogP contribution is -2.13. The number of hydrogen-bond acceptors (Lipinski definition) is 3. The summed E-state index contributed by atoms with van der Waals surface area (Å²) in [4.78, 5) is 4.16. The van der Waals surface area contributed by atoms with Gasteiger partial charge in [-0.2, -0.15) is 11.8 Å². The summed E-state index contributed by atoms with van der Waals surface area (Å²) in [6.45, 7) is 6.14. The van der Waals surface area contributed by atoms with Crippen LogP contribution in [0.3, 0.4) is 0 Å². The summed E-state index contributed by atoms with van der Waals surface area (Å²) < 4.78 is 2.22. The maximum atomic E-state index is 5.56. The molecular weight excluding hydrogens is 194 g/mol. The van der Waals surface area contributed by atoms with Crippen molar-refractivity contribution in [3.05, 3.63) is 18.2 Å². The highest BCUT2D eigenvalue weighted by Gasteiger charge is 2.04. The lowest BCUT2D eigenvalue weighted by Gasteiger charge is -2.09. The highest BCUT2D eigenvalue weighted by Crippen LogP contribution is 2.16. The van der Waals surface area contributed by atoms with Gasteiger partial charge < -0.3 is 10.3 Å². The predicted octanol–water partition coefficient (Wildman–Crippen LogP) is 1.87. The molecule has 0 aliphatic carbocycles. The summed E-state index contributed by atoms with van der Waals surface area (Å²) in [7, 11) is 0. The molecule has 0 amide bonds. The number of aryl methyl sites for hydroxylation is 1. The molecule has 0 fully saturated rings. The molecule has 0 spiro atoms. The van der Waals surface area contributed by atoms with Crippen molar-refractivity contribution in [3.8, 4) is 0 Å². The Kier molecular flexibility index (Phi) is 5.04. The van der Waals surface area contributed by atoms with Crippen LogP contribution in [0.1, 0.15) is 26.0 Å². The zero-order chi connectivity index (χ0) is 10.4. The Hall–Kier alpha value is -0.480. The van der Waals surface area contributed by atoms with E-state index in [-0.39, 0.29) is 0 Å². The molecule has 80 valence electrons. The van der Waals surface area contributed by atoms with Gasteiger partial charge in [0.15, 0.2) is 0 Å². The highest BCUT2D eigenvalue weighted by molar-refractivity contribution is 7.99. The first-order chi connectivity index (χ1) is 6.77. The Balaban J connectivity index is 2.45. The molecule has 1 atom stereocenters. The van der Waals surface area contributed by atoms with Crippen LogP contribution >= 0.6 is 11.8 Å². The molecule has 2 N–H and O–H groups in total. The van der Waals surface area contributed by atoms with Gasteiger partial charge in [0, 0.05) is 36.0 Å². The van der Waals surface area contributed by atoms with E-state index in [0.29, 0.717) is 5.25 Å². The van der Waals surface area contributed by atoms with Gasteiger partial charge >= 0.3 is 0 Å². The van der Waals surface area contributed by atoms with E-state index in [9.17, 15) is 0 Å². The minimum Gasteiger partial charge on any atom is -0.334 e. The summed E-state index contributed by atoms with van der Waals surface area (Å²) in [6, 6.07) is 0. The lowest BCUT2D eigenvalue weighted by molar-refractivity contribution is 0.659. The van der Waals surface area contributed by atoms with Crippen LogP contribution < -0.4 is 5.73 Å². The fourth-order valence-corrected chi connectivity index (χ4v) is 2.04. The van der Waals surface area contributed by atoms with Gasteiger partial charge in [-0.15, -0.1) is 0 Å². The fraction of sp³-hybridized carbons (Fsp3) is 0.700. The monoisotopic (exact) mass is 213 g/mol. The molecule has 0 radical (unpaired) electrons. The van der Waals surface area contributed by atoms with E-state index in [4.69, 9.17) is 5.73 Å². The molecular formula is C10H19N3S. The highest BCUT2D eigenvalue weighted by atomic mass is 32.2. The Bertz CT molecular complexity index is 260. The van der Waals surface area contributed by atoms with E-state index in [1.54, 1.807) is 0 Å². The van der Waals surface area contributed by atoms with Crippen molar-refractivity contribution in [1.29, 1.82) is 0 Å². The second kappa shape index (κ2) is 6.09. The van der Waals surface area contributed by atoms with Crippen LogP contribution in [0.5, 0.6) is 0 Å². The number of nitrogens with two attached hydrogens (primary N) is 1. The summed E-state index contributed by atoms with van der Waals surface area (Å²) in [5, 5.41) is 0.528. The van der Waals surface area contributed by atoms with Crippen molar-refractivity contribution in [1.82, 2.24) is 9.55 Å². The van der Waals surface area contributed by atoms with Crippen LogP contribution in [-0.2, 0) is 12.3 Å². The number of hydrogen-bond donors (Lipinski definition) is 1. The van der Waals surface area contributed by atoms with E-state index in [1.807, 2.05) is 24.3 Å². The first kappa shape index (κ1) is 11.6. The van der Waals surface area contributed by atoms with E-state index in [0.717, 1.165) is 25.3 Å². The van der Waals surface area contributed by atoms with Crippen LogP contribution in [0, 0.1) is 0 Å². The molecule has 1 aromatic heterocycles. The molecule has 0 aromatic carbocycles. The van der Waals surface area contributed by atoms with Crippen LogP contribution in [0.2, 0.25) is 0 Å². The van der Waals surface area contributed by atoms with Gasteiger partial charge in [-0.25, -0.2) is 4.98 Å². The minimum absolute atomic E-state index is 0.528. The zero-order valence-electron chi connectivity index (χ0n) is 8.94. The second-order valence-corrected chi connectivity index (χ2v) is 4.86. The van der Waals surface area contributed by atoms with E-state index in [2.05, 4.69) is 23.4 Å². The molecule has 1 unspecified atom stereocenters. The van der Waals surface area contributed by atoms with Crippen LogP contribution in [-0.4, -0.2) is 21.3 Å². The Morgan fingerprint density at radius 2 is 2.43 bits per heavy atom. The third-order valence-electron chi connectivity index (χ3n) is 2.11. The maximum absolute atomic E-state index is 5.56. The first-order valence-electron chi connectivity index (χ1n) is 5.08. The molecule has 0 bridgehead atoms. The predicted molar refractivity (Wildman–Crippen MR) is 62.3 cm³/mol. The molecule has 0 aliphatic rings. The largest absolute Gasteiger partial charge is 0.334 e. The van der Waals surface area contributed by atoms with Gasteiger partial charge in [-0.3, -0.25) is 0 Å². The molecule has 4 heteroatoms. The van der Waals surface area contributed by atoms with Crippen LogP contribution in [0.4, 0.5) is 0 Å². The molecule has 0 saturated heterocycles. The molecule has 1 rings (SSSR count). The third kappa shape index (κ3) is 3.35. The molecule has 0 aliphatic heterocycles. The topological polar surface area (TPSA) is 43.8 Å². The van der Waals surface area contributed by atoms with Crippen molar-refractivity contribution in [2.45, 2.75) is 37.8 Å². The van der Waals surface area contributed by atoms with Gasteiger partial charge in [0.2, 0.25) is 0 Å². The molecule has 0 saturated carbocycles. The SMILES string of the molecule is CCCn1cncc1CSC(C)CN. The fourth-order valence-electron chi connectivity index (χ4n) is 1.21. The first-order valence-corrected chi connectivity index (χ1v) is 6.13. The number of rotatable bonds is 6. The summed E-state index contributed by atoms with van der Waals surface area (Å²) in [5.74, 6) is 1.01. The van der Waals surface area contributed by atoms with Crippen molar-refractivity contribution in [2.75, 3.05) is 6.54 Å². The van der Waals surface area contributed by atoms with Crippen molar-refractivity contribution in [3.63, 3.8) is 0 Å². The quantitative estimate of drug-likeness (QED) is 0.784. The maximum Gasteiger partial charge on any atom is 0.0948 e. The minimum atomic E-state index is 0.528. The van der Waals surface area contributed by atoms with E-state index >= 15 is 0 Å². The molecule has 3 nitrogen and oxygen atoms in total. The Labute approximate surface area is 90.1 Å². The summed E-state index contributed by atoms with van der Waals surface area (Å²) in [6.07, 6.45) is 5.01. The van der Waals surface area contributed by atoms with Crippen LogP contribution in [0.15, 0.2) is 12.5 Å². The number of thioether (sulfide) groups is 1. The smallest absolute Gasteiger partial charge is 0.0948 e. The standard InChI is InChI=1S/C10H19N3S/c1-3-4-13-8-12-6-10(13)7-14-9(2)5-11/h6,8-9H,3-5,7,11H2,1-2H3. The average Bonchev–Trinajstić information content (AvgIpc) is 2.62. The normalized spacial score (nSPS) is 13.1. The summed E-state index contributed by atoms with van der Waals surface area (Å²) in [5.41, 5.74) is 6.87. The Morgan fingerprint density at radius 1 is 1.64 bits per heavy atom. The van der Waals surface area contributed by atoms with Crippen LogP contribution in [0.25, 0.3) is 0 Å². The van der Waals surface area contributed by atoms with Crippen molar-refractivity contribution in [2.24, 2.45) is 5.73 Å². The lowest BCUT2D eigenvalue weighted by atomic mass is 10.4. The zero-order valence-corrected chi connectivity index (χ0v) is 9.76. The third-order valence-corrected chi connectivity index (χ3v) is 3.33. The average molecular weight is 213 g/mol. The number of nitrogens with zero attached hydrogens (tertiary/aromatic N) is 2. The van der Waals surface area contributed by atoms with Gasteiger partial charge in [0.05, 0.1) is 6.33 Å². The van der Waals surface area contributed by atoms with E-state index in [1.165, 1.54) is 5.69 Å². The summed E-state index contributed by atoms with van der Waals surface area (Å²) >= 11 is 1.89. The van der Waals surface area contributed by atoms with Crippen molar-refractivity contribution >= 4 is 11.8 Å². The van der Waals surface area contributed by atoms with Gasteiger partial charge in [-0.1, -0.05) is 13.8 Å². The van der Waals surface area contributed by atoms with Gasteiger partial charge in [-0.05, 0) is 6.42 Å². The molecule has 14 heavy (non-hydrogen) atoms. The molecule has 1 heterocycles.